The van der Waals surface area contributed by atoms with Crippen LogP contribution in [0.15, 0.2) is 17.5 Å². The van der Waals surface area contributed by atoms with Gasteiger partial charge in [0.05, 0.1) is 4.88 Å². The lowest BCUT2D eigenvalue weighted by Crippen LogP contribution is -2.28. The van der Waals surface area contributed by atoms with Gasteiger partial charge in [-0.3, -0.25) is 4.79 Å². The molecule has 2 aromatic heterocycles. The number of alkyl halides is 1. The molecule has 0 spiro atoms. The van der Waals surface area contributed by atoms with Crippen molar-refractivity contribution in [2.24, 2.45) is 0 Å². The number of fused-ring (bicyclic) bond motifs is 1. The summed E-state index contributed by atoms with van der Waals surface area (Å²) in [6.45, 7) is 2.77. The fourth-order valence-electron chi connectivity index (χ4n) is 1.31. The van der Waals surface area contributed by atoms with Crippen molar-refractivity contribution in [3.05, 3.63) is 22.4 Å². The van der Waals surface area contributed by atoms with Gasteiger partial charge in [0.25, 0.3) is 5.91 Å². The summed E-state index contributed by atoms with van der Waals surface area (Å²) in [5.74, 6) is 0.0336. The SMILES string of the molecule is CCC(Br)CNC(=O)c1cc2sccc2s1. The molecule has 1 unspecified atom stereocenters. The topological polar surface area (TPSA) is 29.1 Å². The molecule has 86 valence electrons. The highest BCUT2D eigenvalue weighted by Crippen LogP contribution is 2.29. The summed E-state index contributed by atoms with van der Waals surface area (Å²) in [6.07, 6.45) is 1.01. The maximum atomic E-state index is 11.8. The predicted molar refractivity (Wildman–Crippen MR) is 75.0 cm³/mol. The molecule has 2 aromatic rings. The molecule has 1 amide bonds. The number of hydrogen-bond acceptors (Lipinski definition) is 3. The van der Waals surface area contributed by atoms with E-state index in [2.05, 4.69) is 39.6 Å². The minimum Gasteiger partial charge on any atom is -0.350 e. The Labute approximate surface area is 111 Å². The Hall–Kier alpha value is -0.390. The highest BCUT2D eigenvalue weighted by molar-refractivity contribution is 9.09. The van der Waals surface area contributed by atoms with E-state index in [-0.39, 0.29) is 5.91 Å². The first-order chi connectivity index (χ1) is 7.70. The summed E-state index contributed by atoms with van der Waals surface area (Å²) < 4.78 is 2.39. The van der Waals surface area contributed by atoms with Crippen molar-refractivity contribution in [1.82, 2.24) is 5.32 Å². The molecule has 1 N–H and O–H groups in total. The van der Waals surface area contributed by atoms with Crippen LogP contribution in [0.2, 0.25) is 0 Å². The van der Waals surface area contributed by atoms with Gasteiger partial charge in [-0.15, -0.1) is 22.7 Å². The van der Waals surface area contributed by atoms with Gasteiger partial charge in [-0.25, -0.2) is 0 Å². The first-order valence-corrected chi connectivity index (χ1v) is 7.71. The third-order valence-corrected chi connectivity index (χ3v) is 5.35. The molecule has 0 aliphatic rings. The number of nitrogens with one attached hydrogen (secondary N) is 1. The largest absolute Gasteiger partial charge is 0.350 e. The van der Waals surface area contributed by atoms with E-state index in [4.69, 9.17) is 0 Å². The molecule has 0 fully saturated rings. The van der Waals surface area contributed by atoms with Crippen molar-refractivity contribution in [3.63, 3.8) is 0 Å². The number of rotatable bonds is 4. The summed E-state index contributed by atoms with van der Waals surface area (Å²) in [5, 5.41) is 4.98. The molecule has 5 heteroatoms. The van der Waals surface area contributed by atoms with E-state index in [0.717, 1.165) is 11.3 Å². The molecular weight excluding hydrogens is 306 g/mol. The molecule has 0 aliphatic carbocycles. The van der Waals surface area contributed by atoms with Crippen LogP contribution in [0.5, 0.6) is 0 Å². The van der Waals surface area contributed by atoms with Gasteiger partial charge in [0.15, 0.2) is 0 Å². The lowest BCUT2D eigenvalue weighted by atomic mass is 10.3. The number of halogens is 1. The Morgan fingerprint density at radius 2 is 2.38 bits per heavy atom. The molecule has 0 aromatic carbocycles. The second-order valence-corrected chi connectivity index (χ2v) is 6.80. The van der Waals surface area contributed by atoms with Gasteiger partial charge in [-0.05, 0) is 23.9 Å². The maximum Gasteiger partial charge on any atom is 0.261 e. The molecule has 2 rings (SSSR count). The van der Waals surface area contributed by atoms with Crippen molar-refractivity contribution in [2.45, 2.75) is 18.2 Å². The average Bonchev–Trinajstić information content (AvgIpc) is 2.85. The van der Waals surface area contributed by atoms with Gasteiger partial charge < -0.3 is 5.32 Å². The van der Waals surface area contributed by atoms with Crippen LogP contribution in [0.25, 0.3) is 9.40 Å². The highest BCUT2D eigenvalue weighted by Gasteiger charge is 2.11. The zero-order valence-electron chi connectivity index (χ0n) is 8.83. The fraction of sp³-hybridized carbons (Fsp3) is 0.364. The third-order valence-electron chi connectivity index (χ3n) is 2.29. The Morgan fingerprint density at radius 3 is 3.06 bits per heavy atom. The average molecular weight is 318 g/mol. The first-order valence-electron chi connectivity index (χ1n) is 5.10. The van der Waals surface area contributed by atoms with Gasteiger partial charge in [0.1, 0.15) is 0 Å². The third kappa shape index (κ3) is 2.64. The Morgan fingerprint density at radius 1 is 1.56 bits per heavy atom. The quantitative estimate of drug-likeness (QED) is 0.852. The summed E-state index contributed by atoms with van der Waals surface area (Å²) in [6, 6.07) is 4.02. The standard InChI is InChI=1S/C11H12BrNOS2/c1-2-7(12)6-13-11(14)10-5-9-8(16-10)3-4-15-9/h3-5,7H,2,6H2,1H3,(H,13,14). The van der Waals surface area contributed by atoms with E-state index in [0.29, 0.717) is 11.4 Å². The molecule has 0 bridgehead atoms. The summed E-state index contributed by atoms with van der Waals surface area (Å²) in [4.78, 5) is 13.0. The van der Waals surface area contributed by atoms with Crippen LogP contribution in [-0.4, -0.2) is 17.3 Å². The minimum absolute atomic E-state index is 0.0336. The molecule has 2 heterocycles. The number of carbonyl (C=O) groups is 1. The zero-order chi connectivity index (χ0) is 11.5. The second kappa shape index (κ2) is 5.29. The summed E-state index contributed by atoms with van der Waals surface area (Å²) in [7, 11) is 0. The van der Waals surface area contributed by atoms with E-state index in [1.807, 2.05) is 6.07 Å². The van der Waals surface area contributed by atoms with E-state index < -0.39 is 0 Å². The van der Waals surface area contributed by atoms with Crippen molar-refractivity contribution in [3.8, 4) is 0 Å². The van der Waals surface area contributed by atoms with Crippen molar-refractivity contribution < 1.29 is 4.79 Å². The van der Waals surface area contributed by atoms with Gasteiger partial charge >= 0.3 is 0 Å². The van der Waals surface area contributed by atoms with Crippen molar-refractivity contribution >= 4 is 53.9 Å². The fourth-order valence-corrected chi connectivity index (χ4v) is 3.50. The molecule has 0 saturated carbocycles. The monoisotopic (exact) mass is 317 g/mol. The van der Waals surface area contributed by atoms with Gasteiger partial charge in [-0.2, -0.15) is 0 Å². The van der Waals surface area contributed by atoms with Crippen LogP contribution < -0.4 is 5.32 Å². The Kier molecular flexibility index (Phi) is 4.00. The predicted octanol–water partition coefficient (Wildman–Crippen LogP) is 3.87. The van der Waals surface area contributed by atoms with Gasteiger partial charge in [0, 0.05) is 20.8 Å². The lowest BCUT2D eigenvalue weighted by Gasteiger charge is -2.07. The van der Waals surface area contributed by atoms with E-state index in [1.165, 1.54) is 9.40 Å². The van der Waals surface area contributed by atoms with Crippen LogP contribution in [0.3, 0.4) is 0 Å². The van der Waals surface area contributed by atoms with Gasteiger partial charge in [0.2, 0.25) is 0 Å². The number of amides is 1. The Balaban J connectivity index is 2.02. The summed E-state index contributed by atoms with van der Waals surface area (Å²) in [5.41, 5.74) is 0. The first kappa shape index (κ1) is 12.1. The zero-order valence-corrected chi connectivity index (χ0v) is 12.0. The van der Waals surface area contributed by atoms with Crippen LogP contribution >= 0.6 is 38.6 Å². The molecule has 0 aliphatic heterocycles. The van der Waals surface area contributed by atoms with Crippen LogP contribution in [0.4, 0.5) is 0 Å². The van der Waals surface area contributed by atoms with Crippen molar-refractivity contribution in [2.75, 3.05) is 6.54 Å². The smallest absolute Gasteiger partial charge is 0.261 e. The number of hydrogen-bond donors (Lipinski definition) is 1. The number of carbonyl (C=O) groups excluding carboxylic acids is 1. The molecule has 0 radical (unpaired) electrons. The minimum atomic E-state index is 0.0336. The molecule has 0 saturated heterocycles. The van der Waals surface area contributed by atoms with E-state index >= 15 is 0 Å². The van der Waals surface area contributed by atoms with Crippen LogP contribution in [-0.2, 0) is 0 Å². The second-order valence-electron chi connectivity index (χ2n) is 3.48. The Bertz CT molecular complexity index is 462. The van der Waals surface area contributed by atoms with E-state index in [1.54, 1.807) is 22.7 Å². The molecule has 16 heavy (non-hydrogen) atoms. The lowest BCUT2D eigenvalue weighted by molar-refractivity contribution is 0.0958. The normalized spacial score (nSPS) is 12.9. The van der Waals surface area contributed by atoms with Crippen molar-refractivity contribution in [1.29, 1.82) is 0 Å². The summed E-state index contributed by atoms with van der Waals surface area (Å²) >= 11 is 6.73. The molecule has 2 nitrogen and oxygen atoms in total. The molecular formula is C11H12BrNOS2. The van der Waals surface area contributed by atoms with Crippen LogP contribution in [0.1, 0.15) is 23.0 Å². The number of thiophene rings is 2. The molecule has 1 atom stereocenters. The van der Waals surface area contributed by atoms with Crippen LogP contribution in [0, 0.1) is 0 Å². The van der Waals surface area contributed by atoms with E-state index in [9.17, 15) is 4.79 Å². The highest BCUT2D eigenvalue weighted by atomic mass is 79.9. The van der Waals surface area contributed by atoms with Gasteiger partial charge in [-0.1, -0.05) is 22.9 Å². The maximum absolute atomic E-state index is 11.8.